The lowest BCUT2D eigenvalue weighted by Crippen LogP contribution is -2.16. The summed E-state index contributed by atoms with van der Waals surface area (Å²) in [5.74, 6) is -1.32. The number of halogens is 2. The van der Waals surface area contributed by atoms with Crippen molar-refractivity contribution in [3.05, 3.63) is 64.9 Å². The molecule has 0 amide bonds. The third-order valence-electron chi connectivity index (χ3n) is 5.38. The van der Waals surface area contributed by atoms with Gasteiger partial charge < -0.3 is 9.30 Å². The second kappa shape index (κ2) is 6.02. The molecule has 26 heavy (non-hydrogen) atoms. The zero-order valence-corrected chi connectivity index (χ0v) is 14.2. The van der Waals surface area contributed by atoms with Gasteiger partial charge in [0, 0.05) is 48.2 Å². The minimum absolute atomic E-state index is 0.341. The fourth-order valence-electron chi connectivity index (χ4n) is 4.05. The normalized spacial score (nSPS) is 17.2. The Morgan fingerprint density at radius 3 is 2.65 bits per heavy atom. The molecule has 3 heterocycles. The van der Waals surface area contributed by atoms with Crippen molar-refractivity contribution in [2.45, 2.75) is 25.3 Å². The molecule has 3 aromatic rings. The Morgan fingerprint density at radius 2 is 1.85 bits per heavy atom. The summed E-state index contributed by atoms with van der Waals surface area (Å²) >= 11 is 0. The molecular weight excluding hydrogens is 334 g/mol. The van der Waals surface area contributed by atoms with Crippen LogP contribution in [0.15, 0.2) is 41.4 Å². The van der Waals surface area contributed by atoms with Crippen LogP contribution < -0.4 is 0 Å². The van der Waals surface area contributed by atoms with Gasteiger partial charge in [0.15, 0.2) is 11.6 Å². The number of ether oxygens (including phenoxy) is 1. The molecule has 0 unspecified atom stereocenters. The monoisotopic (exact) mass is 352 g/mol. The van der Waals surface area contributed by atoms with E-state index >= 15 is 0 Å². The van der Waals surface area contributed by atoms with Gasteiger partial charge in [-0.1, -0.05) is 0 Å². The van der Waals surface area contributed by atoms with E-state index in [-0.39, 0.29) is 0 Å². The van der Waals surface area contributed by atoms with E-state index in [2.05, 4.69) is 27.8 Å². The first-order valence-electron chi connectivity index (χ1n) is 8.92. The number of benzene rings is 2. The minimum atomic E-state index is -0.829. The first-order chi connectivity index (χ1) is 12.7. The number of fused-ring (bicyclic) bond motifs is 2. The van der Waals surface area contributed by atoms with Gasteiger partial charge in [0.2, 0.25) is 0 Å². The van der Waals surface area contributed by atoms with E-state index in [4.69, 9.17) is 4.74 Å². The number of hydrogen-bond acceptors (Lipinski definition) is 2. The molecule has 5 heteroatoms. The maximum atomic E-state index is 13.9. The average Bonchev–Trinajstić information content (AvgIpc) is 3.26. The summed E-state index contributed by atoms with van der Waals surface area (Å²) in [5, 5.41) is 1.11. The molecule has 3 nitrogen and oxygen atoms in total. The number of aliphatic imine (C=N–C) groups is 1. The van der Waals surface area contributed by atoms with E-state index in [9.17, 15) is 8.78 Å². The third-order valence-corrected chi connectivity index (χ3v) is 5.38. The van der Waals surface area contributed by atoms with Crippen LogP contribution in [-0.2, 0) is 11.3 Å². The second-order valence-electron chi connectivity index (χ2n) is 6.97. The Morgan fingerprint density at radius 1 is 1.00 bits per heavy atom. The molecule has 0 aliphatic carbocycles. The molecule has 1 aromatic heterocycles. The van der Waals surface area contributed by atoms with E-state index in [1.54, 1.807) is 6.07 Å². The smallest absolute Gasteiger partial charge is 0.160 e. The van der Waals surface area contributed by atoms with Crippen LogP contribution in [0.5, 0.6) is 0 Å². The fourth-order valence-corrected chi connectivity index (χ4v) is 4.05. The molecule has 1 saturated heterocycles. The quantitative estimate of drug-likeness (QED) is 0.655. The van der Waals surface area contributed by atoms with Crippen LogP contribution in [-0.4, -0.2) is 24.0 Å². The molecule has 0 spiro atoms. The molecule has 2 aliphatic rings. The van der Waals surface area contributed by atoms with Gasteiger partial charge in [-0.3, -0.25) is 4.99 Å². The number of nitrogens with zero attached hydrogens (tertiary/aromatic N) is 2. The maximum Gasteiger partial charge on any atom is 0.160 e. The molecule has 0 atom stereocenters. The summed E-state index contributed by atoms with van der Waals surface area (Å²) in [4.78, 5) is 4.33. The van der Waals surface area contributed by atoms with Crippen molar-refractivity contribution >= 4 is 17.1 Å². The predicted octanol–water partition coefficient (Wildman–Crippen LogP) is 4.74. The SMILES string of the molecule is Fc1ccc(-n2c(C3CCOCC3)cc3cc4c(cc32)C=NC4)cc1F. The van der Waals surface area contributed by atoms with Gasteiger partial charge in [-0.05, 0) is 54.3 Å². The fraction of sp³-hybridized carbons (Fsp3) is 0.286. The van der Waals surface area contributed by atoms with Crippen LogP contribution in [0.3, 0.4) is 0 Å². The molecule has 5 rings (SSSR count). The molecule has 1 fully saturated rings. The number of aromatic nitrogens is 1. The van der Waals surface area contributed by atoms with E-state index in [0.29, 0.717) is 18.2 Å². The number of rotatable bonds is 2. The summed E-state index contributed by atoms with van der Waals surface area (Å²) in [6, 6.07) is 10.6. The van der Waals surface area contributed by atoms with Gasteiger partial charge in [0.1, 0.15) is 0 Å². The Kier molecular flexibility index (Phi) is 3.64. The lowest BCUT2D eigenvalue weighted by atomic mass is 9.96. The highest BCUT2D eigenvalue weighted by molar-refractivity contribution is 5.94. The standard InChI is InChI=1S/C21H18F2N2O/c22-18-2-1-17(10-19(18)23)25-20(13-3-5-26-6-4-13)8-14-7-15-11-24-12-16(15)9-21(14)25/h1-2,7-10,12-13H,3-6,11H2. The molecule has 0 saturated carbocycles. The van der Waals surface area contributed by atoms with Crippen molar-refractivity contribution in [2.24, 2.45) is 4.99 Å². The van der Waals surface area contributed by atoms with Crippen molar-refractivity contribution in [3.8, 4) is 5.69 Å². The van der Waals surface area contributed by atoms with Crippen LogP contribution in [0, 0.1) is 11.6 Å². The van der Waals surface area contributed by atoms with E-state index in [0.717, 1.165) is 48.2 Å². The van der Waals surface area contributed by atoms with E-state index < -0.39 is 11.6 Å². The van der Waals surface area contributed by atoms with Crippen LogP contribution in [0.4, 0.5) is 8.78 Å². The molecule has 2 aromatic carbocycles. The Bertz CT molecular complexity index is 1030. The first kappa shape index (κ1) is 15.7. The summed E-state index contributed by atoms with van der Waals surface area (Å²) in [5.41, 5.74) is 5.09. The van der Waals surface area contributed by atoms with Gasteiger partial charge in [-0.15, -0.1) is 0 Å². The van der Waals surface area contributed by atoms with Crippen LogP contribution in [0.2, 0.25) is 0 Å². The van der Waals surface area contributed by atoms with Crippen molar-refractivity contribution in [1.82, 2.24) is 4.57 Å². The van der Waals surface area contributed by atoms with Gasteiger partial charge in [0.25, 0.3) is 0 Å². The zero-order chi connectivity index (χ0) is 17.7. The van der Waals surface area contributed by atoms with Gasteiger partial charge in [0.05, 0.1) is 12.1 Å². The minimum Gasteiger partial charge on any atom is -0.381 e. The third kappa shape index (κ3) is 2.46. The van der Waals surface area contributed by atoms with Crippen LogP contribution in [0.1, 0.15) is 35.6 Å². The zero-order valence-electron chi connectivity index (χ0n) is 14.2. The predicted molar refractivity (Wildman–Crippen MR) is 97.3 cm³/mol. The molecule has 0 bridgehead atoms. The maximum absolute atomic E-state index is 13.9. The molecule has 132 valence electrons. The average molecular weight is 352 g/mol. The lowest BCUT2D eigenvalue weighted by Gasteiger charge is -2.24. The van der Waals surface area contributed by atoms with Crippen LogP contribution >= 0.6 is 0 Å². The van der Waals surface area contributed by atoms with Crippen molar-refractivity contribution in [1.29, 1.82) is 0 Å². The highest BCUT2D eigenvalue weighted by atomic mass is 19.2. The van der Waals surface area contributed by atoms with Crippen LogP contribution in [0.25, 0.3) is 16.6 Å². The van der Waals surface area contributed by atoms with E-state index in [1.165, 1.54) is 17.7 Å². The molecule has 2 aliphatic heterocycles. The Labute approximate surface area is 149 Å². The van der Waals surface area contributed by atoms with Gasteiger partial charge >= 0.3 is 0 Å². The Balaban J connectivity index is 1.76. The van der Waals surface area contributed by atoms with Crippen molar-refractivity contribution < 1.29 is 13.5 Å². The van der Waals surface area contributed by atoms with Crippen molar-refractivity contribution in [3.63, 3.8) is 0 Å². The second-order valence-corrected chi connectivity index (χ2v) is 6.97. The summed E-state index contributed by atoms with van der Waals surface area (Å²) in [6.45, 7) is 2.16. The molecular formula is C21H18F2N2O. The summed E-state index contributed by atoms with van der Waals surface area (Å²) in [7, 11) is 0. The highest BCUT2D eigenvalue weighted by Gasteiger charge is 2.23. The van der Waals surface area contributed by atoms with Gasteiger partial charge in [-0.25, -0.2) is 8.78 Å². The van der Waals surface area contributed by atoms with Crippen molar-refractivity contribution in [2.75, 3.05) is 13.2 Å². The summed E-state index contributed by atoms with van der Waals surface area (Å²) in [6.07, 6.45) is 3.74. The topological polar surface area (TPSA) is 26.5 Å². The van der Waals surface area contributed by atoms with Gasteiger partial charge in [-0.2, -0.15) is 0 Å². The molecule has 0 N–H and O–H groups in total. The largest absolute Gasteiger partial charge is 0.381 e. The highest BCUT2D eigenvalue weighted by Crippen LogP contribution is 2.36. The number of hydrogen-bond donors (Lipinski definition) is 0. The Hall–Kier alpha value is -2.53. The lowest BCUT2D eigenvalue weighted by molar-refractivity contribution is 0.0842. The first-order valence-corrected chi connectivity index (χ1v) is 8.92. The summed E-state index contributed by atoms with van der Waals surface area (Å²) < 4.78 is 35.0. The van der Waals surface area contributed by atoms with E-state index in [1.807, 2.05) is 6.21 Å². The molecule has 0 radical (unpaired) electrons.